The summed E-state index contributed by atoms with van der Waals surface area (Å²) in [6.07, 6.45) is 3.64. The van der Waals surface area contributed by atoms with Gasteiger partial charge in [-0.25, -0.2) is 4.98 Å². The Morgan fingerprint density at radius 2 is 2.00 bits per heavy atom. The number of thiazole rings is 1. The second-order valence-corrected chi connectivity index (χ2v) is 8.19. The van der Waals surface area contributed by atoms with E-state index >= 15 is 0 Å². The Balaban J connectivity index is 1.34. The van der Waals surface area contributed by atoms with Crippen LogP contribution in [-0.4, -0.2) is 45.8 Å². The summed E-state index contributed by atoms with van der Waals surface area (Å²) in [6.45, 7) is 2.21. The lowest BCUT2D eigenvalue weighted by molar-refractivity contribution is -0.134. The van der Waals surface area contributed by atoms with Crippen molar-refractivity contribution in [2.24, 2.45) is 0 Å². The molecule has 1 atom stereocenters. The second-order valence-electron chi connectivity index (χ2n) is 7.08. The van der Waals surface area contributed by atoms with Crippen LogP contribution >= 0.6 is 11.3 Å². The van der Waals surface area contributed by atoms with Gasteiger partial charge >= 0.3 is 0 Å². The smallest absolute Gasteiger partial charge is 0.237 e. The van der Waals surface area contributed by atoms with Crippen molar-refractivity contribution >= 4 is 23.2 Å². The summed E-state index contributed by atoms with van der Waals surface area (Å²) in [5.74, 6) is -0.269. The minimum Gasteiger partial charge on any atom is -0.353 e. The molecule has 0 spiro atoms. The Morgan fingerprint density at radius 1 is 1.17 bits per heavy atom. The van der Waals surface area contributed by atoms with Gasteiger partial charge in [0.25, 0.3) is 0 Å². The van der Waals surface area contributed by atoms with Crippen molar-refractivity contribution in [1.29, 1.82) is 0 Å². The van der Waals surface area contributed by atoms with Gasteiger partial charge in [0.2, 0.25) is 11.8 Å². The van der Waals surface area contributed by atoms with Crippen LogP contribution in [0, 0.1) is 0 Å². The largest absolute Gasteiger partial charge is 0.353 e. The standard InChI is InChI=1S/C22H23N5O2S/c28-20(25-13-18-14-26-22(30-18)16-6-2-1-3-7-16)12-19-21(29)24-10-11-27(19)15-17-8-4-5-9-23-17/h1-9,14,19H,10-13,15H2,(H,24,29)(H,25,28). The molecule has 1 aromatic carbocycles. The molecule has 1 aliphatic heterocycles. The minimum absolute atomic E-state index is 0.114. The average Bonchev–Trinajstić information content (AvgIpc) is 3.25. The first-order valence-corrected chi connectivity index (χ1v) is 10.7. The fourth-order valence-corrected chi connectivity index (χ4v) is 4.27. The highest BCUT2D eigenvalue weighted by Crippen LogP contribution is 2.24. The van der Waals surface area contributed by atoms with Crippen LogP contribution in [-0.2, 0) is 22.7 Å². The first-order chi connectivity index (χ1) is 14.7. The van der Waals surface area contributed by atoms with E-state index in [2.05, 4.69) is 20.6 Å². The molecule has 154 valence electrons. The van der Waals surface area contributed by atoms with Gasteiger partial charge in [-0.3, -0.25) is 19.5 Å². The van der Waals surface area contributed by atoms with Gasteiger partial charge in [-0.2, -0.15) is 0 Å². The number of aromatic nitrogens is 2. The molecule has 2 aromatic heterocycles. The van der Waals surface area contributed by atoms with Crippen LogP contribution in [0.5, 0.6) is 0 Å². The lowest BCUT2D eigenvalue weighted by Gasteiger charge is -2.34. The van der Waals surface area contributed by atoms with Crippen molar-refractivity contribution in [2.45, 2.75) is 25.6 Å². The number of nitrogens with zero attached hydrogens (tertiary/aromatic N) is 3. The maximum Gasteiger partial charge on any atom is 0.237 e. The average molecular weight is 422 g/mol. The third kappa shape index (κ3) is 5.08. The summed E-state index contributed by atoms with van der Waals surface area (Å²) in [5.41, 5.74) is 1.94. The third-order valence-electron chi connectivity index (χ3n) is 4.95. The number of carbonyl (C=O) groups is 2. The number of benzene rings is 1. The Kier molecular flexibility index (Phi) is 6.46. The van der Waals surface area contributed by atoms with Crippen molar-refractivity contribution in [1.82, 2.24) is 25.5 Å². The van der Waals surface area contributed by atoms with E-state index in [0.717, 1.165) is 21.1 Å². The van der Waals surface area contributed by atoms with Gasteiger partial charge in [-0.15, -0.1) is 11.3 Å². The molecule has 0 radical (unpaired) electrons. The minimum atomic E-state index is -0.498. The van der Waals surface area contributed by atoms with Gasteiger partial charge in [0.1, 0.15) is 5.01 Å². The van der Waals surface area contributed by atoms with Crippen molar-refractivity contribution in [3.05, 3.63) is 71.5 Å². The lowest BCUT2D eigenvalue weighted by atomic mass is 10.1. The summed E-state index contributed by atoms with van der Waals surface area (Å²) in [7, 11) is 0. The van der Waals surface area contributed by atoms with Crippen molar-refractivity contribution in [3.8, 4) is 10.6 Å². The molecule has 1 unspecified atom stereocenters. The Morgan fingerprint density at radius 3 is 2.80 bits per heavy atom. The maximum absolute atomic E-state index is 12.6. The Hall–Kier alpha value is -3.10. The SMILES string of the molecule is O=C(CC1C(=O)NCCN1Cc1ccccn1)NCc1cnc(-c2ccccc2)s1. The highest BCUT2D eigenvalue weighted by atomic mass is 32.1. The van der Waals surface area contributed by atoms with Gasteiger partial charge in [0.15, 0.2) is 0 Å². The second kappa shape index (κ2) is 9.60. The molecule has 0 aliphatic carbocycles. The summed E-state index contributed by atoms with van der Waals surface area (Å²) >= 11 is 1.55. The van der Waals surface area contributed by atoms with Gasteiger partial charge in [0.05, 0.1) is 24.7 Å². The molecule has 1 fully saturated rings. The van der Waals surface area contributed by atoms with Crippen LogP contribution in [0.2, 0.25) is 0 Å². The zero-order chi connectivity index (χ0) is 20.8. The van der Waals surface area contributed by atoms with E-state index in [0.29, 0.717) is 26.2 Å². The van der Waals surface area contributed by atoms with Gasteiger partial charge in [0, 0.05) is 42.5 Å². The topological polar surface area (TPSA) is 87.2 Å². The zero-order valence-electron chi connectivity index (χ0n) is 16.5. The van der Waals surface area contributed by atoms with Gasteiger partial charge < -0.3 is 10.6 Å². The molecule has 2 amide bonds. The molecule has 2 N–H and O–H groups in total. The lowest BCUT2D eigenvalue weighted by Crippen LogP contribution is -2.56. The van der Waals surface area contributed by atoms with Gasteiger partial charge in [-0.1, -0.05) is 36.4 Å². The van der Waals surface area contributed by atoms with E-state index in [4.69, 9.17) is 0 Å². The molecule has 1 aliphatic rings. The summed E-state index contributed by atoms with van der Waals surface area (Å²) in [4.78, 5) is 36.7. The van der Waals surface area contributed by atoms with Crippen LogP contribution in [0.4, 0.5) is 0 Å². The number of hydrogen-bond acceptors (Lipinski definition) is 6. The van der Waals surface area contributed by atoms with E-state index < -0.39 is 6.04 Å². The van der Waals surface area contributed by atoms with E-state index in [1.54, 1.807) is 23.7 Å². The molecule has 1 saturated heterocycles. The molecule has 30 heavy (non-hydrogen) atoms. The van der Waals surface area contributed by atoms with Crippen molar-refractivity contribution in [2.75, 3.05) is 13.1 Å². The van der Waals surface area contributed by atoms with Crippen molar-refractivity contribution < 1.29 is 9.59 Å². The first-order valence-electron chi connectivity index (χ1n) is 9.87. The quantitative estimate of drug-likeness (QED) is 0.611. The third-order valence-corrected chi connectivity index (χ3v) is 5.99. The van der Waals surface area contributed by atoms with Crippen LogP contribution < -0.4 is 10.6 Å². The van der Waals surface area contributed by atoms with Crippen LogP contribution in [0.3, 0.4) is 0 Å². The van der Waals surface area contributed by atoms with Crippen molar-refractivity contribution in [3.63, 3.8) is 0 Å². The van der Waals surface area contributed by atoms with E-state index in [-0.39, 0.29) is 18.2 Å². The Bertz CT molecular complexity index is 993. The highest BCUT2D eigenvalue weighted by Gasteiger charge is 2.31. The molecule has 7 nitrogen and oxygen atoms in total. The highest BCUT2D eigenvalue weighted by molar-refractivity contribution is 7.15. The molecule has 0 bridgehead atoms. The number of amides is 2. The zero-order valence-corrected chi connectivity index (χ0v) is 17.3. The predicted molar refractivity (Wildman–Crippen MR) is 115 cm³/mol. The van der Waals surface area contributed by atoms with Crippen LogP contribution in [0.1, 0.15) is 17.0 Å². The van der Waals surface area contributed by atoms with E-state index in [9.17, 15) is 9.59 Å². The summed E-state index contributed by atoms with van der Waals surface area (Å²) in [6, 6.07) is 15.2. The number of pyridine rings is 1. The molecule has 4 rings (SSSR count). The monoisotopic (exact) mass is 421 g/mol. The number of rotatable bonds is 7. The number of carbonyl (C=O) groups excluding carboxylic acids is 2. The molecular formula is C22H23N5O2S. The fourth-order valence-electron chi connectivity index (χ4n) is 3.41. The predicted octanol–water partition coefficient (Wildman–Crippen LogP) is 2.21. The summed E-state index contributed by atoms with van der Waals surface area (Å²) < 4.78 is 0. The van der Waals surface area contributed by atoms with E-state index in [1.165, 1.54) is 0 Å². The number of piperazine rings is 1. The molecular weight excluding hydrogens is 398 g/mol. The van der Waals surface area contributed by atoms with Crippen LogP contribution in [0.15, 0.2) is 60.9 Å². The van der Waals surface area contributed by atoms with Crippen LogP contribution in [0.25, 0.3) is 10.6 Å². The molecule has 0 saturated carbocycles. The molecule has 3 aromatic rings. The van der Waals surface area contributed by atoms with E-state index in [1.807, 2.05) is 53.4 Å². The maximum atomic E-state index is 12.6. The number of nitrogens with one attached hydrogen (secondary N) is 2. The first kappa shape index (κ1) is 20.2. The molecule has 3 heterocycles. The van der Waals surface area contributed by atoms with Gasteiger partial charge in [-0.05, 0) is 12.1 Å². The Labute approximate surface area is 179 Å². The number of hydrogen-bond donors (Lipinski definition) is 2. The molecule has 8 heteroatoms. The summed E-state index contributed by atoms with van der Waals surface area (Å²) in [5, 5.41) is 6.71. The normalized spacial score (nSPS) is 16.8. The fraction of sp³-hybridized carbons (Fsp3) is 0.273.